The van der Waals surface area contributed by atoms with Crippen molar-refractivity contribution in [1.29, 1.82) is 0 Å². The molecule has 1 aromatic rings. The molecule has 0 saturated heterocycles. The van der Waals surface area contributed by atoms with Gasteiger partial charge >= 0.3 is 0 Å². The number of halogens is 1. The molecule has 0 aromatic heterocycles. The normalized spacial score (nSPS) is 22.7. The van der Waals surface area contributed by atoms with Crippen LogP contribution in [0.4, 0.5) is 0 Å². The van der Waals surface area contributed by atoms with E-state index in [2.05, 4.69) is 43.4 Å². The number of rotatable bonds is 5. The van der Waals surface area contributed by atoms with Crippen molar-refractivity contribution in [2.45, 2.75) is 51.5 Å². The fraction of sp³-hybridized carbons (Fsp3) is 0.611. The molecule has 3 nitrogen and oxygen atoms in total. The first-order valence-electron chi connectivity index (χ1n) is 8.16. The highest BCUT2D eigenvalue weighted by molar-refractivity contribution is 5.85. The summed E-state index contributed by atoms with van der Waals surface area (Å²) in [7, 11) is 0. The lowest BCUT2D eigenvalue weighted by Crippen LogP contribution is -2.39. The molecule has 0 spiro atoms. The zero-order chi connectivity index (χ0) is 15.2. The van der Waals surface area contributed by atoms with E-state index in [4.69, 9.17) is 5.73 Å². The van der Waals surface area contributed by atoms with Crippen LogP contribution in [0.25, 0.3) is 0 Å². The fourth-order valence-electron chi connectivity index (χ4n) is 3.26. The summed E-state index contributed by atoms with van der Waals surface area (Å²) in [6, 6.07) is 10.6. The first-order chi connectivity index (χ1) is 10.1. The highest BCUT2D eigenvalue weighted by Gasteiger charge is 2.26. The second-order valence-corrected chi connectivity index (χ2v) is 6.63. The van der Waals surface area contributed by atoms with Gasteiger partial charge in [0.1, 0.15) is 0 Å². The van der Waals surface area contributed by atoms with Crippen LogP contribution in [0.1, 0.15) is 51.0 Å². The Bertz CT molecular complexity index is 450. The Morgan fingerprint density at radius 2 is 1.95 bits per heavy atom. The number of benzene rings is 1. The smallest absolute Gasteiger partial charge is 0.223 e. The molecule has 1 amide bonds. The molecule has 124 valence electrons. The predicted octanol–water partition coefficient (Wildman–Crippen LogP) is 3.48. The minimum atomic E-state index is 0. The van der Waals surface area contributed by atoms with Crippen molar-refractivity contribution in [3.05, 3.63) is 35.9 Å². The minimum Gasteiger partial charge on any atom is -0.355 e. The topological polar surface area (TPSA) is 55.1 Å². The van der Waals surface area contributed by atoms with E-state index in [0.717, 1.165) is 25.7 Å². The molecule has 0 aliphatic heterocycles. The van der Waals surface area contributed by atoms with Crippen LogP contribution in [0.15, 0.2) is 30.3 Å². The van der Waals surface area contributed by atoms with Gasteiger partial charge in [-0.25, -0.2) is 0 Å². The lowest BCUT2D eigenvalue weighted by Gasteiger charge is -2.27. The summed E-state index contributed by atoms with van der Waals surface area (Å²) in [5.74, 6) is 1.16. The fourth-order valence-corrected chi connectivity index (χ4v) is 3.26. The van der Waals surface area contributed by atoms with E-state index < -0.39 is 0 Å². The van der Waals surface area contributed by atoms with Gasteiger partial charge in [0, 0.05) is 24.4 Å². The van der Waals surface area contributed by atoms with Crippen LogP contribution in [0, 0.1) is 11.8 Å². The number of hydrogen-bond donors (Lipinski definition) is 2. The summed E-state index contributed by atoms with van der Waals surface area (Å²) in [5, 5.41) is 3.16. The van der Waals surface area contributed by atoms with Gasteiger partial charge in [0.25, 0.3) is 0 Å². The predicted molar refractivity (Wildman–Crippen MR) is 94.2 cm³/mol. The van der Waals surface area contributed by atoms with Gasteiger partial charge < -0.3 is 11.1 Å². The van der Waals surface area contributed by atoms with Crippen LogP contribution < -0.4 is 11.1 Å². The summed E-state index contributed by atoms with van der Waals surface area (Å²) >= 11 is 0. The Labute approximate surface area is 140 Å². The van der Waals surface area contributed by atoms with Crippen molar-refractivity contribution in [3.8, 4) is 0 Å². The lowest BCUT2D eigenvalue weighted by atomic mass is 9.85. The highest BCUT2D eigenvalue weighted by atomic mass is 35.5. The first-order valence-corrected chi connectivity index (χ1v) is 8.16. The number of nitrogens with one attached hydrogen (secondary N) is 1. The summed E-state index contributed by atoms with van der Waals surface area (Å²) in [5.41, 5.74) is 7.28. The molecule has 0 heterocycles. The molecule has 1 aromatic carbocycles. The van der Waals surface area contributed by atoms with Crippen molar-refractivity contribution in [1.82, 2.24) is 5.32 Å². The molecule has 1 fully saturated rings. The Balaban J connectivity index is 0.00000242. The zero-order valence-corrected chi connectivity index (χ0v) is 14.4. The Hall–Kier alpha value is -1.06. The average Bonchev–Trinajstić information content (AvgIpc) is 2.48. The van der Waals surface area contributed by atoms with E-state index in [1.807, 2.05) is 6.07 Å². The van der Waals surface area contributed by atoms with Crippen molar-refractivity contribution in [2.24, 2.45) is 17.6 Å². The molecule has 1 aliphatic rings. The molecule has 3 N–H and O–H groups in total. The molecule has 1 aliphatic carbocycles. The molecule has 0 bridgehead atoms. The standard InChI is InChI=1S/C18H28N2O.ClH/c1-13(2)17(14-7-4-3-5-8-14)12-20-18(21)15-9-6-10-16(19)11-15;/h3-5,7-8,13,15-17H,6,9-12,19H2,1-2H3,(H,20,21);1H. The molecule has 2 rings (SSSR count). The molecule has 3 atom stereocenters. The molecular formula is C18H29ClN2O. The maximum absolute atomic E-state index is 12.3. The van der Waals surface area contributed by atoms with E-state index in [1.165, 1.54) is 5.56 Å². The van der Waals surface area contributed by atoms with Crippen LogP contribution >= 0.6 is 12.4 Å². The third kappa shape index (κ3) is 5.29. The molecule has 22 heavy (non-hydrogen) atoms. The molecule has 1 saturated carbocycles. The second-order valence-electron chi connectivity index (χ2n) is 6.63. The largest absolute Gasteiger partial charge is 0.355 e. The number of nitrogens with two attached hydrogens (primary N) is 1. The summed E-state index contributed by atoms with van der Waals surface area (Å²) in [4.78, 5) is 12.3. The van der Waals surface area contributed by atoms with Crippen LogP contribution in [0.2, 0.25) is 0 Å². The molecule has 0 radical (unpaired) electrons. The van der Waals surface area contributed by atoms with E-state index in [9.17, 15) is 4.79 Å². The van der Waals surface area contributed by atoms with Gasteiger partial charge in [-0.2, -0.15) is 0 Å². The number of carbonyl (C=O) groups excluding carboxylic acids is 1. The molecular weight excluding hydrogens is 296 g/mol. The van der Waals surface area contributed by atoms with Gasteiger partial charge in [-0.1, -0.05) is 50.6 Å². The van der Waals surface area contributed by atoms with Gasteiger partial charge in [0.2, 0.25) is 5.91 Å². The maximum Gasteiger partial charge on any atom is 0.223 e. The zero-order valence-electron chi connectivity index (χ0n) is 13.6. The lowest BCUT2D eigenvalue weighted by molar-refractivity contribution is -0.126. The van der Waals surface area contributed by atoms with E-state index >= 15 is 0 Å². The van der Waals surface area contributed by atoms with Gasteiger partial charge in [-0.3, -0.25) is 4.79 Å². The molecule has 3 unspecified atom stereocenters. The monoisotopic (exact) mass is 324 g/mol. The van der Waals surface area contributed by atoms with Crippen LogP contribution in [0.5, 0.6) is 0 Å². The number of amides is 1. The van der Waals surface area contributed by atoms with Crippen molar-refractivity contribution >= 4 is 18.3 Å². The number of hydrogen-bond acceptors (Lipinski definition) is 2. The summed E-state index contributed by atoms with van der Waals surface area (Å²) in [6.07, 6.45) is 3.95. The SMILES string of the molecule is CC(C)C(CNC(=O)C1CCCC(N)C1)c1ccccc1.Cl. The van der Waals surface area contributed by atoms with Crippen LogP contribution in [-0.4, -0.2) is 18.5 Å². The number of carbonyl (C=O) groups is 1. The Morgan fingerprint density at radius 1 is 1.27 bits per heavy atom. The van der Waals surface area contributed by atoms with Crippen LogP contribution in [-0.2, 0) is 4.79 Å². The Kier molecular flexibility index (Phi) is 7.91. The van der Waals surface area contributed by atoms with Crippen molar-refractivity contribution in [3.63, 3.8) is 0 Å². The van der Waals surface area contributed by atoms with Gasteiger partial charge in [-0.05, 0) is 30.7 Å². The third-order valence-corrected chi connectivity index (χ3v) is 4.61. The van der Waals surface area contributed by atoms with E-state index in [0.29, 0.717) is 18.4 Å². The van der Waals surface area contributed by atoms with Gasteiger partial charge in [0.05, 0.1) is 0 Å². The van der Waals surface area contributed by atoms with Crippen LogP contribution in [0.3, 0.4) is 0 Å². The third-order valence-electron chi connectivity index (χ3n) is 4.61. The quantitative estimate of drug-likeness (QED) is 0.871. The second kappa shape index (κ2) is 9.16. The Morgan fingerprint density at radius 3 is 2.55 bits per heavy atom. The van der Waals surface area contributed by atoms with Gasteiger partial charge in [-0.15, -0.1) is 12.4 Å². The summed E-state index contributed by atoms with van der Waals surface area (Å²) in [6.45, 7) is 5.13. The van der Waals surface area contributed by atoms with E-state index in [-0.39, 0.29) is 30.3 Å². The summed E-state index contributed by atoms with van der Waals surface area (Å²) < 4.78 is 0. The minimum absolute atomic E-state index is 0. The van der Waals surface area contributed by atoms with Crippen molar-refractivity contribution < 1.29 is 4.79 Å². The van der Waals surface area contributed by atoms with E-state index in [1.54, 1.807) is 0 Å². The van der Waals surface area contributed by atoms with Crippen molar-refractivity contribution in [2.75, 3.05) is 6.54 Å². The highest BCUT2D eigenvalue weighted by Crippen LogP contribution is 2.25. The molecule has 4 heteroatoms. The van der Waals surface area contributed by atoms with Gasteiger partial charge in [0.15, 0.2) is 0 Å². The maximum atomic E-state index is 12.3. The first kappa shape index (κ1) is 19.0. The average molecular weight is 325 g/mol.